The van der Waals surface area contributed by atoms with Crippen LogP contribution in [0.25, 0.3) is 26.3 Å². The summed E-state index contributed by atoms with van der Waals surface area (Å²) in [5.41, 5.74) is 2.23. The zero-order chi connectivity index (χ0) is 24.1. The first kappa shape index (κ1) is 24.3. The van der Waals surface area contributed by atoms with E-state index in [-0.39, 0.29) is 5.56 Å². The van der Waals surface area contributed by atoms with Gasteiger partial charge < -0.3 is 14.4 Å². The number of aromatic nitrogens is 2. The molecular formula is C26H28ClN3O3S. The molecule has 178 valence electrons. The van der Waals surface area contributed by atoms with E-state index in [4.69, 9.17) is 21.1 Å². The van der Waals surface area contributed by atoms with Gasteiger partial charge in [0.25, 0.3) is 5.56 Å². The van der Waals surface area contributed by atoms with Crippen LogP contribution in [0.15, 0.2) is 59.7 Å². The molecule has 0 atom stereocenters. The Hall–Kier alpha value is -2.87. The number of nitrogens with zero attached hydrogens (tertiary/aromatic N) is 3. The number of halogens is 1. The summed E-state index contributed by atoms with van der Waals surface area (Å²) >= 11 is 7.43. The van der Waals surface area contributed by atoms with E-state index in [1.54, 1.807) is 19.5 Å². The van der Waals surface area contributed by atoms with Gasteiger partial charge in [0.2, 0.25) is 0 Å². The maximum Gasteiger partial charge on any atom is 0.275 e. The Labute approximate surface area is 208 Å². The van der Waals surface area contributed by atoms with Gasteiger partial charge in [0, 0.05) is 22.5 Å². The summed E-state index contributed by atoms with van der Waals surface area (Å²) in [6.07, 6.45) is 3.91. The molecule has 2 aromatic heterocycles. The Kier molecular flexibility index (Phi) is 7.88. The average Bonchev–Trinajstić information content (AvgIpc) is 3.29. The van der Waals surface area contributed by atoms with E-state index < -0.39 is 0 Å². The fourth-order valence-electron chi connectivity index (χ4n) is 3.63. The lowest BCUT2D eigenvalue weighted by atomic mass is 10.2. The van der Waals surface area contributed by atoms with Crippen molar-refractivity contribution in [1.82, 2.24) is 14.5 Å². The third-order valence-corrected chi connectivity index (χ3v) is 7.03. The molecule has 0 N–H and O–H groups in total. The lowest BCUT2D eigenvalue weighted by Gasteiger charge is -2.17. The fourth-order valence-corrected chi connectivity index (χ4v) is 4.80. The summed E-state index contributed by atoms with van der Waals surface area (Å²) in [5.74, 6) is 1.23. The minimum Gasteiger partial charge on any atom is -0.493 e. The molecule has 0 unspecified atom stereocenters. The van der Waals surface area contributed by atoms with Crippen LogP contribution >= 0.6 is 22.9 Å². The highest BCUT2D eigenvalue weighted by molar-refractivity contribution is 7.22. The van der Waals surface area contributed by atoms with Crippen molar-refractivity contribution in [2.24, 2.45) is 0 Å². The monoisotopic (exact) mass is 497 g/mol. The highest BCUT2D eigenvalue weighted by atomic mass is 35.5. The van der Waals surface area contributed by atoms with Gasteiger partial charge in [-0.15, -0.1) is 11.3 Å². The van der Waals surface area contributed by atoms with Crippen molar-refractivity contribution >= 4 is 33.2 Å². The number of hydrogen-bond donors (Lipinski definition) is 0. The number of hydrogen-bond acceptors (Lipinski definition) is 6. The number of ether oxygens (including phenoxy) is 2. The smallest absolute Gasteiger partial charge is 0.275 e. The normalized spacial score (nSPS) is 11.3. The maximum atomic E-state index is 13.3. The summed E-state index contributed by atoms with van der Waals surface area (Å²) in [4.78, 5) is 21.0. The van der Waals surface area contributed by atoms with Crippen LogP contribution in [0.5, 0.6) is 11.5 Å². The second-order valence-corrected chi connectivity index (χ2v) is 9.58. The van der Waals surface area contributed by atoms with Gasteiger partial charge in [0.15, 0.2) is 11.5 Å². The van der Waals surface area contributed by atoms with E-state index in [2.05, 4.69) is 23.9 Å². The summed E-state index contributed by atoms with van der Waals surface area (Å²) in [6, 6.07) is 15.0. The van der Waals surface area contributed by atoms with Crippen LogP contribution in [-0.2, 0) is 0 Å². The minimum atomic E-state index is -0.122. The van der Waals surface area contributed by atoms with E-state index in [9.17, 15) is 4.79 Å². The molecule has 34 heavy (non-hydrogen) atoms. The molecule has 0 amide bonds. The number of fused-ring (bicyclic) bond motifs is 1. The van der Waals surface area contributed by atoms with E-state index in [1.165, 1.54) is 28.7 Å². The summed E-state index contributed by atoms with van der Waals surface area (Å²) in [5, 5.41) is 0.676. The van der Waals surface area contributed by atoms with Gasteiger partial charge in [-0.3, -0.25) is 9.36 Å². The average molecular weight is 498 g/mol. The zero-order valence-corrected chi connectivity index (χ0v) is 21.2. The van der Waals surface area contributed by atoms with Crippen LogP contribution in [0.2, 0.25) is 5.02 Å². The minimum absolute atomic E-state index is 0.122. The topological polar surface area (TPSA) is 56.6 Å². The first-order valence-electron chi connectivity index (χ1n) is 11.3. The number of benzene rings is 2. The van der Waals surface area contributed by atoms with Crippen molar-refractivity contribution in [2.45, 2.75) is 19.8 Å². The van der Waals surface area contributed by atoms with Crippen molar-refractivity contribution in [3.63, 3.8) is 0 Å². The third-order valence-electron chi connectivity index (χ3n) is 5.62. The van der Waals surface area contributed by atoms with Crippen molar-refractivity contribution < 1.29 is 9.47 Å². The van der Waals surface area contributed by atoms with Crippen LogP contribution in [0.4, 0.5) is 0 Å². The fraction of sp³-hybridized carbons (Fsp3) is 0.308. The molecule has 0 aliphatic heterocycles. The Morgan fingerprint density at radius 1 is 1.09 bits per heavy atom. The van der Waals surface area contributed by atoms with Crippen molar-refractivity contribution in [3.05, 3.63) is 70.2 Å². The Morgan fingerprint density at radius 2 is 1.88 bits per heavy atom. The third kappa shape index (κ3) is 5.43. The number of rotatable bonds is 10. The van der Waals surface area contributed by atoms with Gasteiger partial charge in [-0.2, -0.15) is 0 Å². The molecule has 0 spiro atoms. The van der Waals surface area contributed by atoms with E-state index >= 15 is 0 Å². The molecule has 0 aliphatic rings. The first-order chi connectivity index (χ1) is 16.5. The molecule has 0 saturated heterocycles. The Balaban J connectivity index is 1.56. The second-order valence-electron chi connectivity index (χ2n) is 8.09. The lowest BCUT2D eigenvalue weighted by Crippen LogP contribution is -2.25. The zero-order valence-electron chi connectivity index (χ0n) is 19.6. The van der Waals surface area contributed by atoms with E-state index in [0.717, 1.165) is 23.5 Å². The van der Waals surface area contributed by atoms with Crippen LogP contribution in [-0.4, -0.2) is 48.3 Å². The van der Waals surface area contributed by atoms with Crippen LogP contribution < -0.4 is 15.0 Å². The Morgan fingerprint density at radius 3 is 2.62 bits per heavy atom. The molecule has 4 rings (SSSR count). The van der Waals surface area contributed by atoms with Crippen molar-refractivity contribution in [2.75, 3.05) is 33.9 Å². The van der Waals surface area contributed by atoms with Gasteiger partial charge in [-0.1, -0.05) is 37.1 Å². The number of methoxy groups -OCH3 is 1. The Bertz CT molecular complexity index is 1320. The molecule has 0 bridgehead atoms. The molecule has 2 heterocycles. The quantitative estimate of drug-likeness (QED) is 0.273. The molecule has 4 aromatic rings. The summed E-state index contributed by atoms with van der Waals surface area (Å²) in [6.45, 7) is 4.63. The summed E-state index contributed by atoms with van der Waals surface area (Å²) < 4.78 is 13.6. The molecule has 0 aliphatic carbocycles. The predicted octanol–water partition coefficient (Wildman–Crippen LogP) is 5.89. The molecule has 0 radical (unpaired) electrons. The van der Waals surface area contributed by atoms with Crippen molar-refractivity contribution in [1.29, 1.82) is 0 Å². The van der Waals surface area contributed by atoms with Gasteiger partial charge in [0.1, 0.15) is 17.6 Å². The largest absolute Gasteiger partial charge is 0.493 e. The number of likely N-dealkylation sites (N-methyl/N-ethyl adjacent to an activating group) is 1. The van der Waals surface area contributed by atoms with Crippen LogP contribution in [0.1, 0.15) is 19.8 Å². The number of thiophene rings is 1. The van der Waals surface area contributed by atoms with E-state index in [0.29, 0.717) is 39.0 Å². The molecule has 2 aromatic carbocycles. The molecular weight excluding hydrogens is 470 g/mol. The maximum absolute atomic E-state index is 13.3. The van der Waals surface area contributed by atoms with Gasteiger partial charge in [-0.05, 0) is 55.9 Å². The van der Waals surface area contributed by atoms with Crippen LogP contribution in [0, 0.1) is 0 Å². The SMILES string of the molecule is CCCCN(C)CCOc1ccc(-n2cnc3cc(-c4ccc(Cl)cc4)sc3c2=O)cc1OC. The van der Waals surface area contributed by atoms with Gasteiger partial charge in [-0.25, -0.2) is 4.98 Å². The number of unbranched alkanes of at least 4 members (excludes halogenated alkanes) is 1. The first-order valence-corrected chi connectivity index (χ1v) is 12.5. The highest BCUT2D eigenvalue weighted by Crippen LogP contribution is 2.33. The van der Waals surface area contributed by atoms with Crippen molar-refractivity contribution in [3.8, 4) is 27.6 Å². The lowest BCUT2D eigenvalue weighted by molar-refractivity contribution is 0.228. The highest BCUT2D eigenvalue weighted by Gasteiger charge is 2.14. The van der Waals surface area contributed by atoms with Gasteiger partial charge >= 0.3 is 0 Å². The molecule has 8 heteroatoms. The molecule has 6 nitrogen and oxygen atoms in total. The molecule has 0 fully saturated rings. The second kappa shape index (κ2) is 11.0. The van der Waals surface area contributed by atoms with Crippen LogP contribution in [0.3, 0.4) is 0 Å². The molecule has 0 saturated carbocycles. The standard InChI is InChI=1S/C26H28ClN3O3S/c1-4-5-12-29(2)13-14-33-22-11-10-20(15-23(22)32-3)30-17-28-21-16-24(34-25(21)26(30)31)18-6-8-19(27)9-7-18/h6-11,15-17H,4-5,12-14H2,1-3H3. The van der Waals surface area contributed by atoms with E-state index in [1.807, 2.05) is 42.5 Å². The van der Waals surface area contributed by atoms with Gasteiger partial charge in [0.05, 0.1) is 18.3 Å². The predicted molar refractivity (Wildman–Crippen MR) is 140 cm³/mol. The summed E-state index contributed by atoms with van der Waals surface area (Å²) in [7, 11) is 3.69.